The summed E-state index contributed by atoms with van der Waals surface area (Å²) in [5, 5.41) is 4.68. The summed E-state index contributed by atoms with van der Waals surface area (Å²) in [5.41, 5.74) is 0.777. The van der Waals surface area contributed by atoms with Gasteiger partial charge in [0.05, 0.1) is 11.6 Å². The number of rotatable bonds is 4. The van der Waals surface area contributed by atoms with Crippen molar-refractivity contribution < 1.29 is 9.32 Å². The molecule has 0 radical (unpaired) electrons. The molecule has 2 saturated heterocycles. The summed E-state index contributed by atoms with van der Waals surface area (Å²) in [4.78, 5) is 21.7. The smallest absolute Gasteiger partial charge is 0.241 e. The lowest BCUT2D eigenvalue weighted by Crippen LogP contribution is -2.45. The lowest BCUT2D eigenvalue weighted by Gasteiger charge is -2.36. The van der Waals surface area contributed by atoms with Gasteiger partial charge in [0, 0.05) is 24.6 Å². The van der Waals surface area contributed by atoms with Gasteiger partial charge in [0.1, 0.15) is 0 Å². The van der Waals surface area contributed by atoms with Crippen LogP contribution in [0.2, 0.25) is 5.02 Å². The van der Waals surface area contributed by atoms with Crippen molar-refractivity contribution in [3.63, 3.8) is 0 Å². The molecule has 28 heavy (non-hydrogen) atoms. The van der Waals surface area contributed by atoms with Crippen molar-refractivity contribution in [2.45, 2.75) is 39.2 Å². The third-order valence-electron chi connectivity index (χ3n) is 5.85. The highest BCUT2D eigenvalue weighted by Gasteiger charge is 2.31. The third-order valence-corrected chi connectivity index (χ3v) is 6.18. The van der Waals surface area contributed by atoms with Gasteiger partial charge in [0.25, 0.3) is 0 Å². The van der Waals surface area contributed by atoms with Gasteiger partial charge >= 0.3 is 0 Å². The molecule has 150 valence electrons. The minimum absolute atomic E-state index is 0.155. The lowest BCUT2D eigenvalue weighted by atomic mass is 9.93. The Morgan fingerprint density at radius 1 is 1.21 bits per heavy atom. The Hall–Kier alpha value is -1.92. The van der Waals surface area contributed by atoms with Crippen LogP contribution in [-0.4, -0.2) is 52.0 Å². The Bertz CT molecular complexity index is 816. The second-order valence-corrected chi connectivity index (χ2v) is 8.48. The SMILES string of the molecule is CC1CCCN(C(=O)C2CCN(Cc3nc(-c4ccccc4Cl)no3)CC2)C1. The van der Waals surface area contributed by atoms with Crippen LogP contribution in [0.15, 0.2) is 28.8 Å². The molecule has 1 amide bonds. The highest BCUT2D eigenvalue weighted by molar-refractivity contribution is 6.33. The number of hydrogen-bond acceptors (Lipinski definition) is 5. The second-order valence-electron chi connectivity index (χ2n) is 8.07. The number of benzene rings is 1. The normalized spacial score (nSPS) is 21.8. The van der Waals surface area contributed by atoms with E-state index in [0.717, 1.165) is 51.0 Å². The Balaban J connectivity index is 1.30. The fourth-order valence-electron chi connectivity index (χ4n) is 4.25. The molecule has 3 heterocycles. The summed E-state index contributed by atoms with van der Waals surface area (Å²) in [7, 11) is 0. The van der Waals surface area contributed by atoms with E-state index in [0.29, 0.717) is 35.1 Å². The minimum Gasteiger partial charge on any atom is -0.342 e. The average molecular weight is 403 g/mol. The van der Waals surface area contributed by atoms with Crippen LogP contribution in [0.3, 0.4) is 0 Å². The van der Waals surface area contributed by atoms with Gasteiger partial charge in [-0.15, -0.1) is 0 Å². The number of likely N-dealkylation sites (tertiary alicyclic amines) is 2. The van der Waals surface area contributed by atoms with E-state index in [4.69, 9.17) is 16.1 Å². The van der Waals surface area contributed by atoms with Crippen molar-refractivity contribution in [3.8, 4) is 11.4 Å². The first-order valence-electron chi connectivity index (χ1n) is 10.2. The zero-order valence-electron chi connectivity index (χ0n) is 16.3. The highest BCUT2D eigenvalue weighted by atomic mass is 35.5. The number of amides is 1. The molecular formula is C21H27ClN4O2. The van der Waals surface area contributed by atoms with Crippen molar-refractivity contribution in [3.05, 3.63) is 35.2 Å². The van der Waals surface area contributed by atoms with Crippen molar-refractivity contribution in [1.29, 1.82) is 0 Å². The first-order chi connectivity index (χ1) is 13.6. The van der Waals surface area contributed by atoms with Crippen LogP contribution in [0.25, 0.3) is 11.4 Å². The number of carbonyl (C=O) groups is 1. The summed E-state index contributed by atoms with van der Waals surface area (Å²) >= 11 is 6.21. The summed E-state index contributed by atoms with van der Waals surface area (Å²) in [6.45, 7) is 6.46. The molecule has 1 aromatic heterocycles. The van der Waals surface area contributed by atoms with Crippen LogP contribution in [0.1, 0.15) is 38.5 Å². The van der Waals surface area contributed by atoms with Crippen molar-refractivity contribution in [1.82, 2.24) is 19.9 Å². The Labute approximate surface area is 170 Å². The molecule has 0 saturated carbocycles. The Morgan fingerprint density at radius 2 is 2.00 bits per heavy atom. The molecule has 1 aromatic carbocycles. The number of nitrogens with zero attached hydrogens (tertiary/aromatic N) is 4. The topological polar surface area (TPSA) is 62.5 Å². The van der Waals surface area contributed by atoms with Gasteiger partial charge in [0.2, 0.25) is 17.6 Å². The molecule has 2 aliphatic heterocycles. The van der Waals surface area contributed by atoms with Gasteiger partial charge in [-0.05, 0) is 56.8 Å². The zero-order valence-corrected chi connectivity index (χ0v) is 17.1. The largest absolute Gasteiger partial charge is 0.342 e. The monoisotopic (exact) mass is 402 g/mol. The molecule has 2 fully saturated rings. The van der Waals surface area contributed by atoms with Crippen molar-refractivity contribution in [2.75, 3.05) is 26.2 Å². The number of halogens is 1. The number of piperidine rings is 2. The molecule has 1 unspecified atom stereocenters. The van der Waals surface area contributed by atoms with Gasteiger partial charge in [-0.2, -0.15) is 4.98 Å². The molecule has 0 N–H and O–H groups in total. The fraction of sp³-hybridized carbons (Fsp3) is 0.571. The van der Waals surface area contributed by atoms with Gasteiger partial charge < -0.3 is 9.42 Å². The molecule has 2 aromatic rings. The molecule has 0 spiro atoms. The van der Waals surface area contributed by atoms with Crippen LogP contribution in [0.4, 0.5) is 0 Å². The summed E-state index contributed by atoms with van der Waals surface area (Å²) in [5.74, 6) is 2.24. The fourth-order valence-corrected chi connectivity index (χ4v) is 4.47. The van der Waals surface area contributed by atoms with Crippen molar-refractivity contribution in [2.24, 2.45) is 11.8 Å². The molecular weight excluding hydrogens is 376 g/mol. The molecule has 0 bridgehead atoms. The van der Waals surface area contributed by atoms with Gasteiger partial charge in [-0.25, -0.2) is 0 Å². The predicted molar refractivity (Wildman–Crippen MR) is 108 cm³/mol. The first kappa shape index (κ1) is 19.4. The maximum absolute atomic E-state index is 12.8. The Kier molecular flexibility index (Phi) is 5.97. The van der Waals surface area contributed by atoms with E-state index >= 15 is 0 Å². The van der Waals surface area contributed by atoms with E-state index in [9.17, 15) is 4.79 Å². The quantitative estimate of drug-likeness (QED) is 0.777. The minimum atomic E-state index is 0.155. The number of hydrogen-bond donors (Lipinski definition) is 0. The molecule has 4 rings (SSSR count). The second kappa shape index (κ2) is 8.62. The molecule has 2 aliphatic rings. The molecule has 1 atom stereocenters. The molecule has 7 heteroatoms. The van der Waals surface area contributed by atoms with E-state index in [1.807, 2.05) is 24.3 Å². The van der Waals surface area contributed by atoms with Gasteiger partial charge in [-0.1, -0.05) is 35.8 Å². The maximum Gasteiger partial charge on any atom is 0.241 e. The van der Waals surface area contributed by atoms with Crippen LogP contribution in [-0.2, 0) is 11.3 Å². The predicted octanol–water partition coefficient (Wildman–Crippen LogP) is 3.86. The average Bonchev–Trinajstić information content (AvgIpc) is 3.16. The Morgan fingerprint density at radius 3 is 2.75 bits per heavy atom. The highest BCUT2D eigenvalue weighted by Crippen LogP contribution is 2.27. The van der Waals surface area contributed by atoms with E-state index in [2.05, 4.69) is 26.9 Å². The van der Waals surface area contributed by atoms with E-state index in [-0.39, 0.29) is 5.92 Å². The van der Waals surface area contributed by atoms with Crippen LogP contribution < -0.4 is 0 Å². The van der Waals surface area contributed by atoms with Crippen LogP contribution >= 0.6 is 11.6 Å². The van der Waals surface area contributed by atoms with Gasteiger partial charge in [-0.3, -0.25) is 9.69 Å². The number of aromatic nitrogens is 2. The van der Waals surface area contributed by atoms with Gasteiger partial charge in [0.15, 0.2) is 0 Å². The molecule has 6 nitrogen and oxygen atoms in total. The van der Waals surface area contributed by atoms with Crippen LogP contribution in [0, 0.1) is 11.8 Å². The van der Waals surface area contributed by atoms with Crippen LogP contribution in [0.5, 0.6) is 0 Å². The maximum atomic E-state index is 12.8. The van der Waals surface area contributed by atoms with E-state index in [1.54, 1.807) is 0 Å². The van der Waals surface area contributed by atoms with Crippen molar-refractivity contribution >= 4 is 17.5 Å². The zero-order chi connectivity index (χ0) is 19.5. The van der Waals surface area contributed by atoms with E-state index in [1.165, 1.54) is 6.42 Å². The summed E-state index contributed by atoms with van der Waals surface area (Å²) in [6, 6.07) is 7.48. The molecule has 0 aliphatic carbocycles. The third kappa shape index (κ3) is 4.39. The van der Waals surface area contributed by atoms with E-state index < -0.39 is 0 Å². The first-order valence-corrected chi connectivity index (χ1v) is 10.6. The number of carbonyl (C=O) groups excluding carboxylic acids is 1. The summed E-state index contributed by atoms with van der Waals surface area (Å²) < 4.78 is 5.42. The summed E-state index contributed by atoms with van der Waals surface area (Å²) in [6.07, 6.45) is 4.17. The lowest BCUT2D eigenvalue weighted by molar-refractivity contribution is -0.138. The standard InChI is InChI=1S/C21H27ClN4O2/c1-15-5-4-10-26(13-15)21(27)16-8-11-25(12-9-16)14-19-23-20(24-28-19)17-6-2-3-7-18(17)22/h2-3,6-7,15-16H,4-5,8-14H2,1H3.